The van der Waals surface area contributed by atoms with Crippen LogP contribution in [-0.4, -0.2) is 18.0 Å². The van der Waals surface area contributed by atoms with E-state index in [0.29, 0.717) is 6.61 Å². The van der Waals surface area contributed by atoms with E-state index in [-0.39, 0.29) is 17.0 Å². The van der Waals surface area contributed by atoms with Crippen LogP contribution in [0.1, 0.15) is 30.5 Å². The summed E-state index contributed by atoms with van der Waals surface area (Å²) in [5.41, 5.74) is -1.56. The zero-order chi connectivity index (χ0) is 14.4. The van der Waals surface area contributed by atoms with Gasteiger partial charge in [0.2, 0.25) is 5.90 Å². The van der Waals surface area contributed by atoms with Crippen molar-refractivity contribution in [2.24, 2.45) is 4.99 Å². The molecule has 0 N–H and O–H groups in total. The van der Waals surface area contributed by atoms with Gasteiger partial charge in [-0.05, 0) is 38.5 Å². The molecule has 0 aromatic heterocycles. The van der Waals surface area contributed by atoms with Gasteiger partial charge in [-0.15, -0.1) is 0 Å². The number of hydrogen-bond acceptors (Lipinski definition) is 2. The van der Waals surface area contributed by atoms with Crippen LogP contribution in [0, 0.1) is 12.7 Å². The third-order valence-electron chi connectivity index (χ3n) is 2.89. The van der Waals surface area contributed by atoms with Crippen molar-refractivity contribution in [3.63, 3.8) is 0 Å². The summed E-state index contributed by atoms with van der Waals surface area (Å²) in [5.74, 6) is -1.09. The lowest BCUT2D eigenvalue weighted by Gasteiger charge is -2.12. The van der Waals surface area contributed by atoms with E-state index in [1.54, 1.807) is 0 Å². The molecule has 1 aliphatic heterocycles. The van der Waals surface area contributed by atoms with Crippen molar-refractivity contribution >= 4 is 5.90 Å². The van der Waals surface area contributed by atoms with Gasteiger partial charge in [0, 0.05) is 5.56 Å². The molecular weight excluding hydrogens is 262 g/mol. The first-order chi connectivity index (χ1) is 8.62. The highest BCUT2D eigenvalue weighted by atomic mass is 19.4. The largest absolute Gasteiger partial charge is 0.475 e. The Hall–Kier alpha value is -1.59. The summed E-state index contributed by atoms with van der Waals surface area (Å²) in [6, 6.07) is 1.91. The van der Waals surface area contributed by atoms with E-state index in [9.17, 15) is 17.6 Å². The van der Waals surface area contributed by atoms with Gasteiger partial charge in [0.05, 0.1) is 11.1 Å². The lowest BCUT2D eigenvalue weighted by atomic mass is 10.0. The molecule has 2 nitrogen and oxygen atoms in total. The first-order valence-corrected chi connectivity index (χ1v) is 5.71. The molecular formula is C13H13F4NO. The standard InChI is InChI=1S/C13H13F4NO/c1-7-8(11-18-12(2,3)6-19-11)4-5-9(10(7)14)13(15,16)17/h4-5H,6H2,1-3H3. The summed E-state index contributed by atoms with van der Waals surface area (Å²) in [6.07, 6.45) is -4.70. The van der Waals surface area contributed by atoms with E-state index in [1.807, 2.05) is 13.8 Å². The summed E-state index contributed by atoms with van der Waals surface area (Å²) in [4.78, 5) is 4.23. The van der Waals surface area contributed by atoms with Crippen molar-refractivity contribution in [1.29, 1.82) is 0 Å². The van der Waals surface area contributed by atoms with Crippen LogP contribution in [0.15, 0.2) is 17.1 Å². The molecule has 0 unspecified atom stereocenters. The summed E-state index contributed by atoms with van der Waals surface area (Å²) in [7, 11) is 0. The van der Waals surface area contributed by atoms with Crippen LogP contribution in [0.2, 0.25) is 0 Å². The molecule has 1 aromatic rings. The van der Waals surface area contributed by atoms with Gasteiger partial charge in [-0.25, -0.2) is 9.38 Å². The molecule has 1 heterocycles. The lowest BCUT2D eigenvalue weighted by molar-refractivity contribution is -0.140. The van der Waals surface area contributed by atoms with Crippen LogP contribution in [-0.2, 0) is 10.9 Å². The fraction of sp³-hybridized carbons (Fsp3) is 0.462. The van der Waals surface area contributed by atoms with Crippen molar-refractivity contribution in [3.8, 4) is 0 Å². The van der Waals surface area contributed by atoms with Gasteiger partial charge >= 0.3 is 6.18 Å². The van der Waals surface area contributed by atoms with Crippen LogP contribution in [0.4, 0.5) is 17.6 Å². The first kappa shape index (κ1) is 13.8. The molecule has 0 saturated carbocycles. The lowest BCUT2D eigenvalue weighted by Crippen LogP contribution is -2.17. The van der Waals surface area contributed by atoms with Crippen molar-refractivity contribution in [2.75, 3.05) is 6.61 Å². The minimum Gasteiger partial charge on any atom is -0.475 e. The number of halogens is 4. The topological polar surface area (TPSA) is 21.6 Å². The Balaban J connectivity index is 2.49. The second-order valence-corrected chi connectivity index (χ2v) is 5.12. The average Bonchev–Trinajstić information content (AvgIpc) is 2.61. The van der Waals surface area contributed by atoms with Crippen molar-refractivity contribution in [2.45, 2.75) is 32.5 Å². The van der Waals surface area contributed by atoms with Crippen LogP contribution in [0.3, 0.4) is 0 Å². The first-order valence-electron chi connectivity index (χ1n) is 5.71. The maximum Gasteiger partial charge on any atom is 0.419 e. The SMILES string of the molecule is Cc1c(C2=NC(C)(C)CO2)ccc(C(F)(F)F)c1F. The van der Waals surface area contributed by atoms with Gasteiger partial charge < -0.3 is 4.74 Å². The van der Waals surface area contributed by atoms with Crippen LogP contribution < -0.4 is 0 Å². The molecule has 6 heteroatoms. The molecule has 0 spiro atoms. The number of hydrogen-bond donors (Lipinski definition) is 0. The predicted octanol–water partition coefficient (Wildman–Crippen LogP) is 3.71. The van der Waals surface area contributed by atoms with E-state index >= 15 is 0 Å². The number of benzene rings is 1. The summed E-state index contributed by atoms with van der Waals surface area (Å²) in [5, 5.41) is 0. The number of nitrogens with zero attached hydrogens (tertiary/aromatic N) is 1. The molecule has 19 heavy (non-hydrogen) atoms. The Labute approximate surface area is 108 Å². The smallest absolute Gasteiger partial charge is 0.419 e. The van der Waals surface area contributed by atoms with Crippen molar-refractivity contribution < 1.29 is 22.3 Å². The molecule has 0 bridgehead atoms. The highest BCUT2D eigenvalue weighted by molar-refractivity contribution is 5.97. The van der Waals surface area contributed by atoms with E-state index in [2.05, 4.69) is 4.99 Å². The van der Waals surface area contributed by atoms with E-state index in [0.717, 1.165) is 6.07 Å². The maximum absolute atomic E-state index is 13.8. The van der Waals surface area contributed by atoms with Crippen LogP contribution in [0.25, 0.3) is 0 Å². The molecule has 0 saturated heterocycles. The van der Waals surface area contributed by atoms with Gasteiger partial charge in [0.1, 0.15) is 12.4 Å². The zero-order valence-electron chi connectivity index (χ0n) is 10.7. The molecule has 0 aliphatic carbocycles. The molecule has 2 rings (SSSR count). The Morgan fingerprint density at radius 1 is 1.26 bits per heavy atom. The summed E-state index contributed by atoms with van der Waals surface area (Å²) in [6.45, 7) is 5.27. The summed E-state index contributed by atoms with van der Waals surface area (Å²) < 4.78 is 56.8. The van der Waals surface area contributed by atoms with E-state index < -0.39 is 23.1 Å². The predicted molar refractivity (Wildman–Crippen MR) is 62.7 cm³/mol. The molecule has 0 radical (unpaired) electrons. The highest BCUT2D eigenvalue weighted by Crippen LogP contribution is 2.34. The quantitative estimate of drug-likeness (QED) is 0.716. The zero-order valence-corrected chi connectivity index (χ0v) is 10.7. The second kappa shape index (κ2) is 4.21. The number of alkyl halides is 3. The molecule has 0 fully saturated rings. The van der Waals surface area contributed by atoms with Crippen LogP contribution >= 0.6 is 0 Å². The van der Waals surface area contributed by atoms with Crippen molar-refractivity contribution in [3.05, 3.63) is 34.6 Å². The second-order valence-electron chi connectivity index (χ2n) is 5.12. The number of aliphatic imine (C=N–C) groups is 1. The molecule has 1 aliphatic rings. The van der Waals surface area contributed by atoms with Gasteiger partial charge in [-0.3, -0.25) is 0 Å². The van der Waals surface area contributed by atoms with E-state index in [4.69, 9.17) is 4.74 Å². The highest BCUT2D eigenvalue weighted by Gasteiger charge is 2.36. The number of rotatable bonds is 1. The molecule has 0 atom stereocenters. The average molecular weight is 275 g/mol. The van der Waals surface area contributed by atoms with Gasteiger partial charge in [0.25, 0.3) is 0 Å². The fourth-order valence-corrected chi connectivity index (χ4v) is 1.86. The molecule has 104 valence electrons. The molecule has 0 amide bonds. The normalized spacial score (nSPS) is 18.2. The van der Waals surface area contributed by atoms with Gasteiger partial charge in [-0.2, -0.15) is 13.2 Å². The Bertz CT molecular complexity index is 546. The van der Waals surface area contributed by atoms with Crippen LogP contribution in [0.5, 0.6) is 0 Å². The number of ether oxygens (including phenoxy) is 1. The van der Waals surface area contributed by atoms with Gasteiger partial charge in [0.15, 0.2) is 0 Å². The Kier molecular flexibility index (Phi) is 3.07. The minimum absolute atomic E-state index is 0.105. The third kappa shape index (κ3) is 2.57. The molecule has 1 aromatic carbocycles. The van der Waals surface area contributed by atoms with E-state index in [1.165, 1.54) is 13.0 Å². The Morgan fingerprint density at radius 3 is 2.37 bits per heavy atom. The Morgan fingerprint density at radius 2 is 1.89 bits per heavy atom. The van der Waals surface area contributed by atoms with Crippen molar-refractivity contribution in [1.82, 2.24) is 0 Å². The third-order valence-corrected chi connectivity index (χ3v) is 2.89. The fourth-order valence-electron chi connectivity index (χ4n) is 1.86. The maximum atomic E-state index is 13.8. The van der Waals surface area contributed by atoms with Gasteiger partial charge in [-0.1, -0.05) is 0 Å². The summed E-state index contributed by atoms with van der Waals surface area (Å²) >= 11 is 0. The minimum atomic E-state index is -4.70. The monoisotopic (exact) mass is 275 g/mol.